The standard InChI is InChI=1S/C10H10N4O4S/c1-5-7(3-9(15)16)6(2)13(12-5)10-11-4-8(19-10)14(17)18/h4H,3H2,1-2H3,(H,15,16). The van der Waals surface area contributed by atoms with E-state index in [-0.39, 0.29) is 11.4 Å². The van der Waals surface area contributed by atoms with E-state index in [2.05, 4.69) is 10.1 Å². The Morgan fingerprint density at radius 3 is 2.79 bits per heavy atom. The van der Waals surface area contributed by atoms with E-state index in [9.17, 15) is 14.9 Å². The number of hydrogen-bond acceptors (Lipinski definition) is 6. The third-order valence-electron chi connectivity index (χ3n) is 2.61. The van der Waals surface area contributed by atoms with Crippen LogP contribution in [0.15, 0.2) is 6.20 Å². The van der Waals surface area contributed by atoms with E-state index in [1.54, 1.807) is 13.8 Å². The lowest BCUT2D eigenvalue weighted by Crippen LogP contribution is -2.03. The summed E-state index contributed by atoms with van der Waals surface area (Å²) in [5.74, 6) is -0.948. The summed E-state index contributed by atoms with van der Waals surface area (Å²) in [5, 5.41) is 23.9. The predicted molar refractivity (Wildman–Crippen MR) is 66.7 cm³/mol. The summed E-state index contributed by atoms with van der Waals surface area (Å²) in [4.78, 5) is 24.8. The molecular formula is C10H10N4O4S. The van der Waals surface area contributed by atoms with Crippen LogP contribution >= 0.6 is 11.3 Å². The minimum absolute atomic E-state index is 0.0812. The van der Waals surface area contributed by atoms with E-state index in [0.717, 1.165) is 17.5 Å². The molecule has 0 atom stereocenters. The molecule has 1 N–H and O–H groups in total. The SMILES string of the molecule is Cc1nn(-c2ncc([N+](=O)[O-])s2)c(C)c1CC(=O)O. The lowest BCUT2D eigenvalue weighted by Gasteiger charge is -1.99. The first kappa shape index (κ1) is 13.1. The monoisotopic (exact) mass is 282 g/mol. The number of aliphatic carboxylic acids is 1. The van der Waals surface area contributed by atoms with Crippen molar-refractivity contribution < 1.29 is 14.8 Å². The number of aromatic nitrogens is 3. The number of nitrogens with zero attached hydrogens (tertiary/aromatic N) is 4. The largest absolute Gasteiger partial charge is 0.481 e. The van der Waals surface area contributed by atoms with Gasteiger partial charge in [0.2, 0.25) is 5.13 Å². The lowest BCUT2D eigenvalue weighted by molar-refractivity contribution is -0.380. The van der Waals surface area contributed by atoms with Gasteiger partial charge in [0, 0.05) is 11.3 Å². The highest BCUT2D eigenvalue weighted by molar-refractivity contribution is 7.17. The van der Waals surface area contributed by atoms with E-state index >= 15 is 0 Å². The molecule has 0 aliphatic heterocycles. The highest BCUT2D eigenvalue weighted by atomic mass is 32.1. The van der Waals surface area contributed by atoms with Gasteiger partial charge in [-0.1, -0.05) is 0 Å². The van der Waals surface area contributed by atoms with Crippen LogP contribution in [0.5, 0.6) is 0 Å². The van der Waals surface area contributed by atoms with Crippen LogP contribution in [-0.2, 0) is 11.2 Å². The first-order valence-electron chi connectivity index (χ1n) is 5.27. The van der Waals surface area contributed by atoms with Gasteiger partial charge in [0.1, 0.15) is 6.20 Å². The zero-order valence-electron chi connectivity index (χ0n) is 10.2. The Hall–Kier alpha value is -2.29. The molecule has 100 valence electrons. The maximum Gasteiger partial charge on any atom is 0.345 e. The number of carboxylic acid groups (broad SMARTS) is 1. The number of nitro groups is 1. The fraction of sp³-hybridized carbons (Fsp3) is 0.300. The van der Waals surface area contributed by atoms with E-state index in [1.807, 2.05) is 0 Å². The minimum atomic E-state index is -0.948. The van der Waals surface area contributed by atoms with Crippen molar-refractivity contribution in [3.05, 3.63) is 33.3 Å². The quantitative estimate of drug-likeness (QED) is 0.671. The van der Waals surface area contributed by atoms with E-state index < -0.39 is 10.9 Å². The first-order chi connectivity index (χ1) is 8.90. The molecule has 0 saturated carbocycles. The molecular weight excluding hydrogens is 272 g/mol. The minimum Gasteiger partial charge on any atom is -0.481 e. The average Bonchev–Trinajstić information content (AvgIpc) is 2.89. The molecule has 2 heterocycles. The number of rotatable bonds is 4. The summed E-state index contributed by atoms with van der Waals surface area (Å²) >= 11 is 0.892. The van der Waals surface area contributed by atoms with Gasteiger partial charge in [-0.3, -0.25) is 14.9 Å². The highest BCUT2D eigenvalue weighted by Gasteiger charge is 2.19. The van der Waals surface area contributed by atoms with Crippen LogP contribution in [0.3, 0.4) is 0 Å². The number of thiazole rings is 1. The van der Waals surface area contributed by atoms with Crippen molar-refractivity contribution in [1.82, 2.24) is 14.8 Å². The van der Waals surface area contributed by atoms with Crippen LogP contribution in [0.25, 0.3) is 5.13 Å². The fourth-order valence-electron chi connectivity index (χ4n) is 1.71. The normalized spacial score (nSPS) is 10.6. The first-order valence-corrected chi connectivity index (χ1v) is 6.09. The van der Waals surface area contributed by atoms with Gasteiger partial charge in [0.15, 0.2) is 0 Å². The van der Waals surface area contributed by atoms with Crippen LogP contribution in [0.1, 0.15) is 17.0 Å². The molecule has 0 bridgehead atoms. The lowest BCUT2D eigenvalue weighted by atomic mass is 10.1. The predicted octanol–water partition coefficient (Wildman–Crippen LogP) is 1.48. The van der Waals surface area contributed by atoms with Crippen molar-refractivity contribution in [3.63, 3.8) is 0 Å². The van der Waals surface area contributed by atoms with Gasteiger partial charge in [-0.2, -0.15) is 5.10 Å². The molecule has 0 fully saturated rings. The van der Waals surface area contributed by atoms with Gasteiger partial charge >= 0.3 is 11.0 Å². The topological polar surface area (TPSA) is 111 Å². The third-order valence-corrected chi connectivity index (χ3v) is 3.54. The smallest absolute Gasteiger partial charge is 0.345 e. The van der Waals surface area contributed by atoms with Gasteiger partial charge in [-0.25, -0.2) is 9.67 Å². The Bertz CT molecular complexity index is 661. The summed E-state index contributed by atoms with van der Waals surface area (Å²) in [7, 11) is 0. The van der Waals surface area contributed by atoms with Crippen molar-refractivity contribution in [2.75, 3.05) is 0 Å². The highest BCUT2D eigenvalue weighted by Crippen LogP contribution is 2.26. The molecule has 2 aromatic rings. The van der Waals surface area contributed by atoms with Gasteiger partial charge in [-0.15, -0.1) is 0 Å². The Labute approximate surface area is 111 Å². The van der Waals surface area contributed by atoms with Gasteiger partial charge in [0.05, 0.1) is 17.0 Å². The Kier molecular flexibility index (Phi) is 3.30. The van der Waals surface area contributed by atoms with Crippen molar-refractivity contribution in [3.8, 4) is 5.13 Å². The number of carboxylic acids is 1. The molecule has 0 amide bonds. The maximum atomic E-state index is 10.8. The zero-order valence-corrected chi connectivity index (χ0v) is 11.0. The Balaban J connectivity index is 2.45. The molecule has 2 aromatic heterocycles. The molecule has 8 nitrogen and oxygen atoms in total. The molecule has 0 unspecified atom stereocenters. The molecule has 0 aromatic carbocycles. The number of carbonyl (C=O) groups is 1. The van der Waals surface area contributed by atoms with Crippen molar-refractivity contribution in [1.29, 1.82) is 0 Å². The van der Waals surface area contributed by atoms with Crippen molar-refractivity contribution in [2.45, 2.75) is 20.3 Å². The second-order valence-corrected chi connectivity index (χ2v) is 4.86. The summed E-state index contributed by atoms with van der Waals surface area (Å²) < 4.78 is 1.44. The molecule has 2 rings (SSSR count). The molecule has 0 saturated heterocycles. The van der Waals surface area contributed by atoms with Crippen LogP contribution in [0, 0.1) is 24.0 Å². The van der Waals surface area contributed by atoms with Crippen LogP contribution < -0.4 is 0 Å². The molecule has 19 heavy (non-hydrogen) atoms. The maximum absolute atomic E-state index is 10.8. The summed E-state index contributed by atoms with van der Waals surface area (Å²) in [6.45, 7) is 3.41. The number of hydrogen-bond donors (Lipinski definition) is 1. The van der Waals surface area contributed by atoms with E-state index in [1.165, 1.54) is 4.68 Å². The van der Waals surface area contributed by atoms with E-state index in [4.69, 9.17) is 5.11 Å². The zero-order chi connectivity index (χ0) is 14.2. The Morgan fingerprint density at radius 2 is 2.26 bits per heavy atom. The molecule has 0 aliphatic carbocycles. The summed E-state index contributed by atoms with van der Waals surface area (Å²) in [6.07, 6.45) is 1.03. The van der Waals surface area contributed by atoms with Gasteiger partial charge in [0.25, 0.3) is 0 Å². The summed E-state index contributed by atoms with van der Waals surface area (Å²) in [5.41, 5.74) is 1.81. The number of aryl methyl sites for hydroxylation is 1. The molecule has 9 heteroatoms. The van der Waals surface area contributed by atoms with Crippen LogP contribution in [0.4, 0.5) is 5.00 Å². The fourth-order valence-corrected chi connectivity index (χ4v) is 2.44. The van der Waals surface area contributed by atoms with Gasteiger partial charge < -0.3 is 5.11 Å². The van der Waals surface area contributed by atoms with E-state index in [0.29, 0.717) is 22.1 Å². The van der Waals surface area contributed by atoms with Gasteiger partial charge in [-0.05, 0) is 25.2 Å². The summed E-state index contributed by atoms with van der Waals surface area (Å²) in [6, 6.07) is 0. The van der Waals surface area contributed by atoms with Crippen molar-refractivity contribution >= 4 is 22.3 Å². The molecule has 0 radical (unpaired) electrons. The van der Waals surface area contributed by atoms with Crippen LogP contribution in [0.2, 0.25) is 0 Å². The average molecular weight is 282 g/mol. The Morgan fingerprint density at radius 1 is 1.58 bits per heavy atom. The van der Waals surface area contributed by atoms with Crippen LogP contribution in [-0.4, -0.2) is 30.8 Å². The van der Waals surface area contributed by atoms with Crippen molar-refractivity contribution in [2.24, 2.45) is 0 Å². The molecule has 0 spiro atoms. The second kappa shape index (κ2) is 4.76. The second-order valence-electron chi connectivity index (χ2n) is 3.87. The molecule has 0 aliphatic rings. The third kappa shape index (κ3) is 2.45.